The number of nitrogens with zero attached hydrogens (tertiary/aromatic N) is 4. The van der Waals surface area contributed by atoms with Crippen molar-refractivity contribution in [3.05, 3.63) is 18.1 Å². The Labute approximate surface area is 136 Å². The molecule has 1 atom stereocenters. The number of aryl methyl sites for hydroxylation is 1. The minimum Gasteiger partial charge on any atom is -0.381 e. The Morgan fingerprint density at radius 1 is 1.26 bits per heavy atom. The third kappa shape index (κ3) is 3.97. The fourth-order valence-electron chi connectivity index (χ4n) is 3.42. The summed E-state index contributed by atoms with van der Waals surface area (Å²) in [6.07, 6.45) is 3.63. The lowest BCUT2D eigenvalue weighted by Gasteiger charge is -2.34. The van der Waals surface area contributed by atoms with Gasteiger partial charge in [-0.2, -0.15) is 0 Å². The molecule has 0 radical (unpaired) electrons. The van der Waals surface area contributed by atoms with Crippen molar-refractivity contribution in [1.29, 1.82) is 0 Å². The predicted molar refractivity (Wildman–Crippen MR) is 87.1 cm³/mol. The van der Waals surface area contributed by atoms with E-state index < -0.39 is 0 Å². The fourth-order valence-corrected chi connectivity index (χ4v) is 3.42. The van der Waals surface area contributed by atoms with Crippen molar-refractivity contribution in [2.24, 2.45) is 11.7 Å². The molecular formula is C16H25N5O2. The summed E-state index contributed by atoms with van der Waals surface area (Å²) in [5, 5.41) is 0. The Bertz CT molecular complexity index is 547. The lowest BCUT2D eigenvalue weighted by Crippen LogP contribution is -2.44. The Morgan fingerprint density at radius 3 is 2.74 bits per heavy atom. The van der Waals surface area contributed by atoms with Gasteiger partial charge in [-0.05, 0) is 19.8 Å². The smallest absolute Gasteiger partial charge is 0.223 e. The Balaban J connectivity index is 1.76. The van der Waals surface area contributed by atoms with Crippen LogP contribution in [-0.2, 0) is 9.53 Å². The first-order chi connectivity index (χ1) is 11.1. The van der Waals surface area contributed by atoms with Gasteiger partial charge in [0, 0.05) is 57.2 Å². The second kappa shape index (κ2) is 7.23. The van der Waals surface area contributed by atoms with Crippen molar-refractivity contribution in [2.45, 2.75) is 25.8 Å². The summed E-state index contributed by atoms with van der Waals surface area (Å²) in [6.45, 7) is 6.65. The molecule has 2 aliphatic heterocycles. The average molecular weight is 319 g/mol. The van der Waals surface area contributed by atoms with Crippen LogP contribution in [0.25, 0.3) is 0 Å². The maximum atomic E-state index is 11.9. The Morgan fingerprint density at radius 2 is 2.04 bits per heavy atom. The van der Waals surface area contributed by atoms with E-state index in [0.717, 1.165) is 57.2 Å². The standard InChI is InChI=1S/C16H25N5O2/c1-12-8-15(19-11-18-12)21-5-4-20(9-13(10-21)16(17)22)14-2-6-23-7-3-14/h8,11,13-14H,2-7,9-10H2,1H3,(H2,17,22)/t13-/m0/s1. The number of rotatable bonds is 3. The molecule has 0 saturated carbocycles. The van der Waals surface area contributed by atoms with Crippen LogP contribution in [0.15, 0.2) is 12.4 Å². The van der Waals surface area contributed by atoms with Crippen LogP contribution in [0.1, 0.15) is 18.5 Å². The number of carbonyl (C=O) groups is 1. The molecule has 1 aromatic heterocycles. The van der Waals surface area contributed by atoms with Crippen molar-refractivity contribution in [1.82, 2.24) is 14.9 Å². The van der Waals surface area contributed by atoms with Crippen molar-refractivity contribution < 1.29 is 9.53 Å². The topological polar surface area (TPSA) is 84.6 Å². The minimum absolute atomic E-state index is 0.185. The van der Waals surface area contributed by atoms with Gasteiger partial charge in [-0.25, -0.2) is 9.97 Å². The molecule has 0 unspecified atom stereocenters. The predicted octanol–water partition coefficient (Wildman–Crippen LogP) is 0.188. The van der Waals surface area contributed by atoms with Gasteiger partial charge in [0.1, 0.15) is 12.1 Å². The molecule has 2 saturated heterocycles. The number of hydrogen-bond acceptors (Lipinski definition) is 6. The van der Waals surface area contributed by atoms with Gasteiger partial charge in [0.15, 0.2) is 0 Å². The van der Waals surface area contributed by atoms with E-state index in [9.17, 15) is 4.79 Å². The molecule has 23 heavy (non-hydrogen) atoms. The van der Waals surface area contributed by atoms with E-state index >= 15 is 0 Å². The lowest BCUT2D eigenvalue weighted by atomic mass is 10.0. The SMILES string of the molecule is Cc1cc(N2CCN(C3CCOCC3)C[C@H](C(N)=O)C2)ncn1. The molecule has 1 amide bonds. The molecule has 2 aliphatic rings. The summed E-state index contributed by atoms with van der Waals surface area (Å²) >= 11 is 0. The van der Waals surface area contributed by atoms with E-state index in [0.29, 0.717) is 12.6 Å². The van der Waals surface area contributed by atoms with Crippen molar-refractivity contribution in [3.8, 4) is 0 Å². The molecule has 2 N–H and O–H groups in total. The molecule has 7 nitrogen and oxygen atoms in total. The highest BCUT2D eigenvalue weighted by Crippen LogP contribution is 2.21. The maximum Gasteiger partial charge on any atom is 0.223 e. The Hall–Kier alpha value is -1.73. The first-order valence-corrected chi connectivity index (χ1v) is 8.28. The number of ether oxygens (including phenoxy) is 1. The highest BCUT2D eigenvalue weighted by Gasteiger charge is 2.31. The molecule has 3 rings (SSSR count). The third-order valence-electron chi connectivity index (χ3n) is 4.78. The second-order valence-corrected chi connectivity index (χ2v) is 6.40. The average Bonchev–Trinajstić information content (AvgIpc) is 2.79. The van der Waals surface area contributed by atoms with Gasteiger partial charge in [-0.3, -0.25) is 9.69 Å². The van der Waals surface area contributed by atoms with Gasteiger partial charge in [-0.1, -0.05) is 0 Å². The zero-order chi connectivity index (χ0) is 16.2. The van der Waals surface area contributed by atoms with Crippen LogP contribution in [0.4, 0.5) is 5.82 Å². The van der Waals surface area contributed by atoms with Gasteiger partial charge < -0.3 is 15.4 Å². The molecule has 2 fully saturated rings. The molecule has 0 spiro atoms. The van der Waals surface area contributed by atoms with Crippen molar-refractivity contribution >= 4 is 11.7 Å². The van der Waals surface area contributed by atoms with Crippen LogP contribution < -0.4 is 10.6 Å². The van der Waals surface area contributed by atoms with E-state index in [1.54, 1.807) is 6.33 Å². The number of carbonyl (C=O) groups excluding carboxylic acids is 1. The van der Waals surface area contributed by atoms with Gasteiger partial charge in [0.25, 0.3) is 0 Å². The zero-order valence-corrected chi connectivity index (χ0v) is 13.6. The highest BCUT2D eigenvalue weighted by atomic mass is 16.5. The molecule has 7 heteroatoms. The molecule has 0 aliphatic carbocycles. The van der Waals surface area contributed by atoms with Crippen LogP contribution in [0.2, 0.25) is 0 Å². The third-order valence-corrected chi connectivity index (χ3v) is 4.78. The van der Waals surface area contributed by atoms with E-state index in [4.69, 9.17) is 10.5 Å². The largest absolute Gasteiger partial charge is 0.381 e. The first kappa shape index (κ1) is 16.1. The lowest BCUT2D eigenvalue weighted by molar-refractivity contribution is -0.122. The number of primary amides is 1. The minimum atomic E-state index is -0.236. The van der Waals surface area contributed by atoms with E-state index in [1.165, 1.54) is 0 Å². The number of amides is 1. The highest BCUT2D eigenvalue weighted by molar-refractivity contribution is 5.77. The number of anilines is 1. The summed E-state index contributed by atoms with van der Waals surface area (Å²) in [5.74, 6) is 0.452. The second-order valence-electron chi connectivity index (χ2n) is 6.40. The van der Waals surface area contributed by atoms with Gasteiger partial charge >= 0.3 is 0 Å². The number of hydrogen-bond donors (Lipinski definition) is 1. The number of nitrogens with two attached hydrogens (primary N) is 1. The Kier molecular flexibility index (Phi) is 5.07. The van der Waals surface area contributed by atoms with Crippen LogP contribution in [0, 0.1) is 12.8 Å². The van der Waals surface area contributed by atoms with Crippen LogP contribution in [-0.4, -0.2) is 66.2 Å². The molecule has 126 valence electrons. The van der Waals surface area contributed by atoms with Gasteiger partial charge in [0.05, 0.1) is 5.92 Å². The summed E-state index contributed by atoms with van der Waals surface area (Å²) in [6, 6.07) is 2.44. The zero-order valence-electron chi connectivity index (χ0n) is 13.6. The maximum absolute atomic E-state index is 11.9. The van der Waals surface area contributed by atoms with Crippen molar-refractivity contribution in [3.63, 3.8) is 0 Å². The van der Waals surface area contributed by atoms with Crippen molar-refractivity contribution in [2.75, 3.05) is 44.3 Å². The van der Waals surface area contributed by atoms with Gasteiger partial charge in [-0.15, -0.1) is 0 Å². The van der Waals surface area contributed by atoms with Crippen LogP contribution >= 0.6 is 0 Å². The first-order valence-electron chi connectivity index (χ1n) is 8.28. The fraction of sp³-hybridized carbons (Fsp3) is 0.688. The number of aromatic nitrogens is 2. The summed E-state index contributed by atoms with van der Waals surface area (Å²) < 4.78 is 5.45. The monoisotopic (exact) mass is 319 g/mol. The van der Waals surface area contributed by atoms with Gasteiger partial charge in [0.2, 0.25) is 5.91 Å². The molecular weight excluding hydrogens is 294 g/mol. The molecule has 0 bridgehead atoms. The normalized spacial score (nSPS) is 24.4. The molecule has 1 aromatic rings. The van der Waals surface area contributed by atoms with E-state index in [2.05, 4.69) is 19.8 Å². The molecule has 0 aromatic carbocycles. The summed E-state index contributed by atoms with van der Waals surface area (Å²) in [5.41, 5.74) is 6.58. The summed E-state index contributed by atoms with van der Waals surface area (Å²) in [7, 11) is 0. The van der Waals surface area contributed by atoms with Crippen LogP contribution in [0.5, 0.6) is 0 Å². The quantitative estimate of drug-likeness (QED) is 0.856. The van der Waals surface area contributed by atoms with E-state index in [1.807, 2.05) is 13.0 Å². The van der Waals surface area contributed by atoms with Crippen LogP contribution in [0.3, 0.4) is 0 Å². The summed E-state index contributed by atoms with van der Waals surface area (Å²) in [4.78, 5) is 25.0. The van der Waals surface area contributed by atoms with E-state index in [-0.39, 0.29) is 11.8 Å². The molecule has 3 heterocycles.